The molecule has 114 valence electrons. The van der Waals surface area contributed by atoms with Crippen LogP contribution in [-0.4, -0.2) is 20.6 Å². The summed E-state index contributed by atoms with van der Waals surface area (Å²) in [5.41, 5.74) is 0.595. The average molecular weight is 327 g/mol. The number of aliphatic hydroxyl groups is 1. The molecule has 5 nitrogen and oxygen atoms in total. The normalized spacial score (nSPS) is 13.1. The highest BCUT2D eigenvalue weighted by Crippen LogP contribution is 2.27. The SMILES string of the molecule is COc1cc(CO)ccc1S(=O)(=O)NC(C)c1cccs1. The van der Waals surface area contributed by atoms with Gasteiger partial charge in [0.05, 0.1) is 19.8 Å². The average Bonchev–Trinajstić information content (AvgIpc) is 3.00. The Balaban J connectivity index is 2.31. The molecule has 1 unspecified atom stereocenters. The number of ether oxygens (including phenoxy) is 1. The van der Waals surface area contributed by atoms with Crippen LogP contribution in [0.1, 0.15) is 23.4 Å². The molecule has 1 aromatic carbocycles. The summed E-state index contributed by atoms with van der Waals surface area (Å²) in [5, 5.41) is 11.0. The van der Waals surface area contributed by atoms with Crippen molar-refractivity contribution in [2.24, 2.45) is 0 Å². The first kappa shape index (κ1) is 16.0. The molecule has 0 aliphatic heterocycles. The molecule has 1 heterocycles. The van der Waals surface area contributed by atoms with Gasteiger partial charge in [-0.15, -0.1) is 11.3 Å². The first-order chi connectivity index (χ1) is 9.97. The van der Waals surface area contributed by atoms with Gasteiger partial charge >= 0.3 is 0 Å². The van der Waals surface area contributed by atoms with Gasteiger partial charge in [0.25, 0.3) is 0 Å². The molecular formula is C14H17NO4S2. The first-order valence-corrected chi connectivity index (χ1v) is 8.67. The minimum Gasteiger partial charge on any atom is -0.495 e. The van der Waals surface area contributed by atoms with Gasteiger partial charge in [-0.25, -0.2) is 13.1 Å². The van der Waals surface area contributed by atoms with Gasteiger partial charge in [0.1, 0.15) is 10.6 Å². The lowest BCUT2D eigenvalue weighted by molar-refractivity contribution is 0.280. The van der Waals surface area contributed by atoms with Crippen molar-refractivity contribution in [2.75, 3.05) is 7.11 Å². The fraction of sp³-hybridized carbons (Fsp3) is 0.286. The topological polar surface area (TPSA) is 75.6 Å². The van der Waals surface area contributed by atoms with Crippen LogP contribution in [0.25, 0.3) is 0 Å². The Hall–Kier alpha value is -1.41. The molecule has 0 aliphatic rings. The van der Waals surface area contributed by atoms with Crippen molar-refractivity contribution in [1.29, 1.82) is 0 Å². The quantitative estimate of drug-likeness (QED) is 0.853. The minimum absolute atomic E-state index is 0.0607. The van der Waals surface area contributed by atoms with Crippen molar-refractivity contribution in [3.05, 3.63) is 46.2 Å². The number of rotatable bonds is 6. The van der Waals surface area contributed by atoms with Crippen molar-refractivity contribution in [3.8, 4) is 5.75 Å². The van der Waals surface area contributed by atoms with E-state index in [1.807, 2.05) is 17.5 Å². The molecule has 2 aromatic rings. The highest BCUT2D eigenvalue weighted by atomic mass is 32.2. The number of hydrogen-bond donors (Lipinski definition) is 2. The number of thiophene rings is 1. The Bertz CT molecular complexity index is 696. The summed E-state index contributed by atoms with van der Waals surface area (Å²) in [7, 11) is -2.30. The zero-order valence-electron chi connectivity index (χ0n) is 11.7. The van der Waals surface area contributed by atoms with E-state index in [2.05, 4.69) is 4.72 Å². The molecule has 1 aromatic heterocycles. The molecule has 0 fully saturated rings. The van der Waals surface area contributed by atoms with E-state index in [4.69, 9.17) is 9.84 Å². The van der Waals surface area contributed by atoms with Crippen molar-refractivity contribution < 1.29 is 18.3 Å². The maximum absolute atomic E-state index is 12.5. The molecule has 2 N–H and O–H groups in total. The molecule has 0 spiro atoms. The summed E-state index contributed by atoms with van der Waals surface area (Å²) in [5.74, 6) is 0.215. The predicted octanol–water partition coefficient (Wildman–Crippen LogP) is 2.29. The summed E-state index contributed by atoms with van der Waals surface area (Å²) >= 11 is 1.49. The first-order valence-electron chi connectivity index (χ1n) is 6.31. The third kappa shape index (κ3) is 3.62. The van der Waals surface area contributed by atoms with E-state index in [9.17, 15) is 8.42 Å². The maximum atomic E-state index is 12.5. The van der Waals surface area contributed by atoms with Crippen molar-refractivity contribution >= 4 is 21.4 Å². The third-order valence-electron chi connectivity index (χ3n) is 3.00. The summed E-state index contributed by atoms with van der Waals surface area (Å²) < 4.78 is 32.7. The second-order valence-corrected chi connectivity index (χ2v) is 7.16. The van der Waals surface area contributed by atoms with Gasteiger partial charge in [0.2, 0.25) is 10.0 Å². The predicted molar refractivity (Wildman–Crippen MR) is 82.0 cm³/mol. The van der Waals surface area contributed by atoms with Gasteiger partial charge in [-0.3, -0.25) is 0 Å². The third-order valence-corrected chi connectivity index (χ3v) is 5.64. The number of methoxy groups -OCH3 is 1. The zero-order valence-corrected chi connectivity index (χ0v) is 13.4. The Morgan fingerprint density at radius 3 is 2.71 bits per heavy atom. The lowest BCUT2D eigenvalue weighted by Crippen LogP contribution is -2.26. The standard InChI is InChI=1S/C14H17NO4S2/c1-10(13-4-3-7-20-13)15-21(17,18)14-6-5-11(9-16)8-12(14)19-2/h3-8,10,15-16H,9H2,1-2H3. The summed E-state index contributed by atoms with van der Waals surface area (Å²) in [6.07, 6.45) is 0. The molecule has 0 radical (unpaired) electrons. The van der Waals surface area contributed by atoms with Gasteiger partial charge in [-0.1, -0.05) is 12.1 Å². The molecule has 2 rings (SSSR count). The van der Waals surface area contributed by atoms with Crippen molar-refractivity contribution in [2.45, 2.75) is 24.5 Å². The van der Waals surface area contributed by atoms with Gasteiger partial charge in [0.15, 0.2) is 0 Å². The molecular weight excluding hydrogens is 310 g/mol. The molecule has 0 amide bonds. The molecule has 1 atom stereocenters. The van der Waals surface area contributed by atoms with Crippen LogP contribution in [0, 0.1) is 0 Å². The molecule has 21 heavy (non-hydrogen) atoms. The minimum atomic E-state index is -3.70. The highest BCUT2D eigenvalue weighted by Gasteiger charge is 2.23. The number of hydrogen-bond acceptors (Lipinski definition) is 5. The molecule has 0 aliphatic carbocycles. The second-order valence-electron chi connectivity index (χ2n) is 4.50. The van der Waals surface area contributed by atoms with Crippen LogP contribution in [0.4, 0.5) is 0 Å². The van der Waals surface area contributed by atoms with Gasteiger partial charge < -0.3 is 9.84 Å². The van der Waals surface area contributed by atoms with E-state index in [0.717, 1.165) is 4.88 Å². The van der Waals surface area contributed by atoms with Crippen molar-refractivity contribution in [1.82, 2.24) is 4.72 Å². The largest absolute Gasteiger partial charge is 0.495 e. The monoisotopic (exact) mass is 327 g/mol. The van der Waals surface area contributed by atoms with Crippen LogP contribution in [0.5, 0.6) is 5.75 Å². The Labute approximate surface area is 128 Å². The van der Waals surface area contributed by atoms with Gasteiger partial charge in [-0.2, -0.15) is 0 Å². The molecule has 0 saturated heterocycles. The summed E-state index contributed by atoms with van der Waals surface area (Å²) in [6, 6.07) is 7.95. The fourth-order valence-electron chi connectivity index (χ4n) is 1.92. The Morgan fingerprint density at radius 1 is 1.38 bits per heavy atom. The van der Waals surface area contributed by atoms with Crippen LogP contribution in [0.15, 0.2) is 40.6 Å². The van der Waals surface area contributed by atoms with E-state index >= 15 is 0 Å². The summed E-state index contributed by atoms with van der Waals surface area (Å²) in [6.45, 7) is 1.62. The smallest absolute Gasteiger partial charge is 0.244 e. The molecule has 0 saturated carbocycles. The lowest BCUT2D eigenvalue weighted by atomic mass is 10.2. The van der Waals surface area contributed by atoms with Crippen LogP contribution in [0.3, 0.4) is 0 Å². The van der Waals surface area contributed by atoms with Crippen molar-refractivity contribution in [3.63, 3.8) is 0 Å². The van der Waals surface area contributed by atoms with Crippen LogP contribution >= 0.6 is 11.3 Å². The number of aliphatic hydroxyl groups excluding tert-OH is 1. The fourth-order valence-corrected chi connectivity index (χ4v) is 4.11. The van der Waals surface area contributed by atoms with E-state index in [0.29, 0.717) is 5.56 Å². The zero-order chi connectivity index (χ0) is 15.5. The van der Waals surface area contributed by atoms with E-state index in [1.165, 1.54) is 30.6 Å². The number of nitrogens with one attached hydrogen (secondary N) is 1. The number of benzene rings is 1. The van der Waals surface area contributed by atoms with E-state index in [1.54, 1.807) is 13.0 Å². The van der Waals surface area contributed by atoms with Gasteiger partial charge in [0, 0.05) is 4.88 Å². The number of sulfonamides is 1. The molecule has 0 bridgehead atoms. The van der Waals surface area contributed by atoms with Gasteiger partial charge in [-0.05, 0) is 36.1 Å². The Kier molecular flexibility index (Phi) is 5.00. The van der Waals surface area contributed by atoms with Crippen LogP contribution in [0.2, 0.25) is 0 Å². The highest BCUT2D eigenvalue weighted by molar-refractivity contribution is 7.89. The molecule has 7 heteroatoms. The van der Waals surface area contributed by atoms with E-state index < -0.39 is 10.0 Å². The summed E-state index contributed by atoms with van der Waals surface area (Å²) in [4.78, 5) is 0.995. The second kappa shape index (κ2) is 6.57. The lowest BCUT2D eigenvalue weighted by Gasteiger charge is -2.15. The van der Waals surface area contributed by atoms with Crippen LogP contribution < -0.4 is 9.46 Å². The van der Waals surface area contributed by atoms with Crippen LogP contribution in [-0.2, 0) is 16.6 Å². The van der Waals surface area contributed by atoms with E-state index in [-0.39, 0.29) is 23.3 Å². The maximum Gasteiger partial charge on any atom is 0.244 e. The Morgan fingerprint density at radius 2 is 2.14 bits per heavy atom.